The number of aliphatic carboxylic acids is 1. The van der Waals surface area contributed by atoms with E-state index in [-0.39, 0.29) is 56.8 Å². The second-order valence-electron chi connectivity index (χ2n) is 10.5. The van der Waals surface area contributed by atoms with Crippen LogP contribution in [0.1, 0.15) is 16.8 Å². The molecule has 4 aromatic rings. The van der Waals surface area contributed by atoms with Crippen molar-refractivity contribution in [3.8, 4) is 0 Å². The molecule has 2 atom stereocenters. The highest BCUT2D eigenvalue weighted by Gasteiger charge is 2.53. The molecule has 1 fully saturated rings. The summed E-state index contributed by atoms with van der Waals surface area (Å²) in [6.45, 7) is 0.331. The lowest BCUT2D eigenvalue weighted by atomic mass is 10.0. The first kappa shape index (κ1) is 32.0. The van der Waals surface area contributed by atoms with Crippen LogP contribution in [0.3, 0.4) is 0 Å². The number of hydrogen-bond donors (Lipinski definition) is 4. The molecule has 6 N–H and O–H groups in total. The number of fused-ring (bicyclic) bond motifs is 2. The normalized spacial score (nSPS) is 17.8. The molecule has 242 valence electrons. The Kier molecular flexibility index (Phi) is 8.61. The van der Waals surface area contributed by atoms with Gasteiger partial charge in [0.2, 0.25) is 0 Å². The Morgan fingerprint density at radius 1 is 1.34 bits per heavy atom. The molecule has 18 heteroatoms. The number of hydrogen-bond acceptors (Lipinski definition) is 11. The number of β-lactam (4-membered cyclic amide) rings is 1. The number of nitrogens with two attached hydrogens (primary N) is 2. The number of nitrogens with zero attached hydrogens (tertiary/aromatic N) is 5. The van der Waals surface area contributed by atoms with Crippen LogP contribution in [0.4, 0.5) is 9.52 Å². The van der Waals surface area contributed by atoms with Crippen LogP contribution < -0.4 is 26.5 Å². The minimum Gasteiger partial charge on any atom is -0.543 e. The summed E-state index contributed by atoms with van der Waals surface area (Å²) in [6.07, 6.45) is 5.40. The third-order valence-electron chi connectivity index (χ3n) is 7.60. The number of amides is 2. The number of halogens is 2. The molecule has 6 rings (SSSR count). The van der Waals surface area contributed by atoms with Gasteiger partial charge in [0, 0.05) is 40.1 Å². The van der Waals surface area contributed by atoms with Crippen molar-refractivity contribution in [2.45, 2.75) is 24.5 Å². The first-order valence-electron chi connectivity index (χ1n) is 13.8. The van der Waals surface area contributed by atoms with Crippen LogP contribution in [0.15, 0.2) is 65.3 Å². The van der Waals surface area contributed by atoms with E-state index in [1.165, 1.54) is 24.9 Å². The van der Waals surface area contributed by atoms with E-state index in [1.807, 2.05) is 29.1 Å². The maximum atomic E-state index is 14.8. The number of nitrogens with one attached hydrogen (secondary N) is 2. The van der Waals surface area contributed by atoms with Gasteiger partial charge in [-0.1, -0.05) is 40.2 Å². The third kappa shape index (κ3) is 5.99. The van der Waals surface area contributed by atoms with Gasteiger partial charge in [-0.25, -0.2) is 9.37 Å². The number of rotatable bonds is 10. The van der Waals surface area contributed by atoms with Gasteiger partial charge in [0.1, 0.15) is 45.7 Å². The third-order valence-corrected chi connectivity index (χ3v) is 10.0. The fourth-order valence-electron chi connectivity index (χ4n) is 5.40. The number of nitrogen functional groups attached to an aromatic ring is 2. The molecule has 47 heavy (non-hydrogen) atoms. The van der Waals surface area contributed by atoms with Crippen molar-refractivity contribution in [3.63, 3.8) is 0 Å². The number of carboxylic acids is 1. The van der Waals surface area contributed by atoms with E-state index in [9.17, 15) is 23.9 Å². The molecule has 1 aromatic carbocycles. The van der Waals surface area contributed by atoms with Crippen LogP contribution in [0, 0.1) is 11.2 Å². The van der Waals surface area contributed by atoms with Crippen LogP contribution in [0.5, 0.6) is 0 Å². The van der Waals surface area contributed by atoms with Crippen LogP contribution in [-0.2, 0) is 32.3 Å². The number of thioether (sulfide) groups is 1. The van der Waals surface area contributed by atoms with Crippen molar-refractivity contribution in [1.29, 1.82) is 5.41 Å². The van der Waals surface area contributed by atoms with E-state index in [1.54, 1.807) is 22.9 Å². The zero-order chi connectivity index (χ0) is 33.6. The highest BCUT2D eigenvalue weighted by atomic mass is 35.5. The van der Waals surface area contributed by atoms with Gasteiger partial charge in [-0.15, -0.1) is 11.8 Å². The van der Waals surface area contributed by atoms with Crippen molar-refractivity contribution in [1.82, 2.24) is 19.8 Å². The Hall–Kier alpha value is -5.00. The zero-order valence-electron chi connectivity index (χ0n) is 24.4. The molecule has 0 bridgehead atoms. The molecular weight excluding hydrogens is 673 g/mol. The Labute approximate surface area is 278 Å². The second kappa shape index (κ2) is 12.7. The number of carbonyl (C=O) groups is 3. The minimum absolute atomic E-state index is 0.0118. The number of oxime groups is 1. The summed E-state index contributed by atoms with van der Waals surface area (Å²) in [7, 11) is 1.23. The van der Waals surface area contributed by atoms with Gasteiger partial charge in [0.25, 0.3) is 11.8 Å². The Balaban J connectivity index is 1.21. The smallest absolute Gasteiger partial charge is 0.276 e. The maximum Gasteiger partial charge on any atom is 0.276 e. The van der Waals surface area contributed by atoms with Gasteiger partial charge >= 0.3 is 0 Å². The summed E-state index contributed by atoms with van der Waals surface area (Å²) in [4.78, 5) is 48.6. The molecule has 0 unspecified atom stereocenters. The number of carbonyl (C=O) groups excluding carboxylic acids is 3. The molecule has 2 aliphatic rings. The topological polar surface area (TPSA) is 209 Å². The maximum absolute atomic E-state index is 14.8. The van der Waals surface area contributed by atoms with Gasteiger partial charge in [-0.05, 0) is 12.1 Å². The van der Waals surface area contributed by atoms with E-state index >= 15 is 0 Å². The molecule has 0 spiro atoms. The number of benzene rings is 1. The Bertz CT molecular complexity index is 2040. The fraction of sp³-hybridized carbons (Fsp3) is 0.207. The van der Waals surface area contributed by atoms with E-state index in [0.29, 0.717) is 11.1 Å². The van der Waals surface area contributed by atoms with Crippen LogP contribution in [0.2, 0.25) is 4.34 Å². The fourth-order valence-corrected chi connectivity index (χ4v) is 7.66. The summed E-state index contributed by atoms with van der Waals surface area (Å²) < 4.78 is 18.5. The van der Waals surface area contributed by atoms with Crippen molar-refractivity contribution in [2.75, 3.05) is 18.6 Å². The molecule has 2 aliphatic heterocycles. The van der Waals surface area contributed by atoms with Crippen LogP contribution in [-0.4, -0.2) is 68.1 Å². The molecular formula is C29H25ClFN9O5S2. The average Bonchev–Trinajstić information content (AvgIpc) is 3.59. The highest BCUT2D eigenvalue weighted by molar-refractivity contribution is 8.00. The predicted molar refractivity (Wildman–Crippen MR) is 171 cm³/mol. The Morgan fingerprint density at radius 3 is 2.79 bits per heavy atom. The molecule has 0 aliphatic carbocycles. The van der Waals surface area contributed by atoms with Crippen molar-refractivity contribution in [3.05, 3.63) is 87.2 Å². The zero-order valence-corrected chi connectivity index (χ0v) is 26.8. The lowest BCUT2D eigenvalue weighted by Gasteiger charge is -2.50. The van der Waals surface area contributed by atoms with Crippen molar-refractivity contribution in [2.24, 2.45) is 10.9 Å². The second-order valence-corrected chi connectivity index (χ2v) is 13.3. The van der Waals surface area contributed by atoms with Gasteiger partial charge in [0.15, 0.2) is 29.8 Å². The van der Waals surface area contributed by atoms with E-state index in [0.717, 1.165) is 27.1 Å². The van der Waals surface area contributed by atoms with Crippen molar-refractivity contribution < 1.29 is 33.3 Å². The van der Waals surface area contributed by atoms with E-state index in [2.05, 4.69) is 15.5 Å². The highest BCUT2D eigenvalue weighted by Crippen LogP contribution is 2.40. The lowest BCUT2D eigenvalue weighted by Crippen LogP contribution is -2.71. The molecule has 0 saturated carbocycles. The lowest BCUT2D eigenvalue weighted by molar-refractivity contribution is -0.687. The van der Waals surface area contributed by atoms with E-state index in [4.69, 9.17) is 33.3 Å². The molecule has 1 saturated heterocycles. The molecule has 2 amide bonds. The average molecular weight is 698 g/mol. The van der Waals surface area contributed by atoms with Crippen LogP contribution >= 0.6 is 34.7 Å². The number of anilines is 1. The summed E-state index contributed by atoms with van der Waals surface area (Å²) in [5.74, 6) is -3.45. The van der Waals surface area contributed by atoms with Gasteiger partial charge < -0.3 is 36.1 Å². The van der Waals surface area contributed by atoms with Crippen molar-refractivity contribution >= 4 is 80.1 Å². The number of carboxylic acid groups (broad SMARTS) is 1. The molecule has 3 aromatic heterocycles. The summed E-state index contributed by atoms with van der Waals surface area (Å²) in [5, 5.41) is 26.4. The van der Waals surface area contributed by atoms with Gasteiger partial charge in [-0.3, -0.25) is 19.9 Å². The monoisotopic (exact) mass is 697 g/mol. The first-order chi connectivity index (χ1) is 22.5. The number of aromatic nitrogens is 3. The number of amidine groups is 1. The SMILES string of the molecule is CON=C(C(=O)N[C@@H]1C(=O)N2C(C(=O)[O-])=C(C[n+]3ccc4ccn(Cc5ccc(C(=N)N)cc5F)c4c3)CS[C@H]12)c1nc(N)sc1Cl. The first-order valence-corrected chi connectivity index (χ1v) is 16.0. The standard InChI is InChI=1S/C29H25ClFN9O5S2/c1-45-37-20(19-23(30)47-29(34)36-19)25(41)35-21-26(42)40-22(28(43)44)16(12-46-27(21)40)9-38-6-4-13-5-7-39(18(13)11-38)10-15-3-2-14(24(32)33)8-17(15)31/h2-8,11,21,27H,9-10,12H2,1H3,(H6-,32,33,34,35,36,41,43,44)/t21-,27-/m1/s1. The summed E-state index contributed by atoms with van der Waals surface area (Å²) >= 11 is 8.37. The quantitative estimate of drug-likeness (QED) is 0.0599. The van der Waals surface area contributed by atoms with Crippen LogP contribution in [0.25, 0.3) is 10.9 Å². The van der Waals surface area contributed by atoms with Gasteiger partial charge in [0.05, 0.1) is 18.2 Å². The largest absolute Gasteiger partial charge is 0.543 e. The van der Waals surface area contributed by atoms with Gasteiger partial charge in [-0.2, -0.15) is 4.57 Å². The number of thiazole rings is 1. The molecule has 14 nitrogen and oxygen atoms in total. The van der Waals surface area contributed by atoms with E-state index < -0.39 is 35.0 Å². The summed E-state index contributed by atoms with van der Waals surface area (Å²) in [6, 6.07) is 7.05. The molecule has 5 heterocycles. The predicted octanol–water partition coefficient (Wildman–Crippen LogP) is 0.547. The molecule has 0 radical (unpaired) electrons. The summed E-state index contributed by atoms with van der Waals surface area (Å²) in [5.41, 5.74) is 12.5. The Morgan fingerprint density at radius 2 is 2.13 bits per heavy atom. The minimum atomic E-state index is -1.52. The number of pyridine rings is 1.